The van der Waals surface area contributed by atoms with Gasteiger partial charge in [-0.2, -0.15) is 0 Å². The summed E-state index contributed by atoms with van der Waals surface area (Å²) in [5.74, 6) is 0.196. The second kappa shape index (κ2) is 6.78. The molecule has 1 heterocycles. The zero-order chi connectivity index (χ0) is 15.4. The molecule has 0 aliphatic heterocycles. The number of methoxy groups -OCH3 is 1. The maximum Gasteiger partial charge on any atom is 0.337 e. The Morgan fingerprint density at radius 3 is 2.43 bits per heavy atom. The lowest BCUT2D eigenvalue weighted by atomic mass is 10.2. The maximum atomic E-state index is 11.3. The lowest BCUT2D eigenvalue weighted by Gasteiger charge is -2.15. The first-order valence-corrected chi connectivity index (χ1v) is 6.94. The van der Waals surface area contributed by atoms with Crippen LogP contribution in [0.15, 0.2) is 36.4 Å². The summed E-state index contributed by atoms with van der Waals surface area (Å²) >= 11 is 11.9. The number of nitrogens with zero attached hydrogens (tertiary/aromatic N) is 1. The third kappa shape index (κ3) is 3.86. The average molecular weight is 326 g/mol. The number of ether oxygens (including phenoxy) is 2. The number of rotatable bonds is 4. The van der Waals surface area contributed by atoms with Crippen molar-refractivity contribution < 1.29 is 14.3 Å². The number of aromatic nitrogens is 1. The molecule has 110 valence electrons. The van der Waals surface area contributed by atoms with Crippen LogP contribution in [0.25, 0.3) is 0 Å². The zero-order valence-corrected chi connectivity index (χ0v) is 13.0. The molecule has 2 rings (SSSR count). The summed E-state index contributed by atoms with van der Waals surface area (Å²) in [7, 11) is 1.33. The van der Waals surface area contributed by atoms with E-state index in [2.05, 4.69) is 9.72 Å². The molecule has 0 N–H and O–H groups in total. The Balaban J connectivity index is 2.14. The van der Waals surface area contributed by atoms with Crippen molar-refractivity contribution in [3.05, 3.63) is 57.8 Å². The molecule has 0 amide bonds. The monoisotopic (exact) mass is 325 g/mol. The molecule has 4 nitrogen and oxygen atoms in total. The van der Waals surface area contributed by atoms with E-state index in [1.54, 1.807) is 36.4 Å². The second-order valence-electron chi connectivity index (χ2n) is 4.28. The van der Waals surface area contributed by atoms with Gasteiger partial charge in [0.15, 0.2) is 0 Å². The van der Waals surface area contributed by atoms with Gasteiger partial charge < -0.3 is 9.47 Å². The van der Waals surface area contributed by atoms with Gasteiger partial charge in [-0.3, -0.25) is 0 Å². The summed E-state index contributed by atoms with van der Waals surface area (Å²) in [5, 5.41) is 0.837. The molecule has 0 saturated heterocycles. The number of hydrogen-bond acceptors (Lipinski definition) is 4. The van der Waals surface area contributed by atoms with Gasteiger partial charge in [-0.05, 0) is 43.3 Å². The highest BCUT2D eigenvalue weighted by Crippen LogP contribution is 2.27. The summed E-state index contributed by atoms with van der Waals surface area (Å²) < 4.78 is 10.4. The van der Waals surface area contributed by atoms with Gasteiger partial charge in [-0.1, -0.05) is 23.2 Å². The lowest BCUT2D eigenvalue weighted by Crippen LogP contribution is -2.07. The smallest absolute Gasteiger partial charge is 0.337 e. The minimum Gasteiger partial charge on any atom is -0.484 e. The summed E-state index contributed by atoms with van der Waals surface area (Å²) in [4.78, 5) is 15.5. The van der Waals surface area contributed by atoms with Crippen molar-refractivity contribution in [1.29, 1.82) is 0 Å². The largest absolute Gasteiger partial charge is 0.484 e. The molecule has 2 aromatic rings. The number of hydrogen-bond donors (Lipinski definition) is 0. The fraction of sp³-hybridized carbons (Fsp3) is 0.200. The Labute approximate surface area is 132 Å². The van der Waals surface area contributed by atoms with E-state index in [9.17, 15) is 4.79 Å². The molecule has 0 fully saturated rings. The van der Waals surface area contributed by atoms with Crippen LogP contribution in [-0.4, -0.2) is 18.1 Å². The molecular formula is C15H13Cl2NO3. The van der Waals surface area contributed by atoms with Crippen molar-refractivity contribution in [2.24, 2.45) is 0 Å². The Kier molecular flexibility index (Phi) is 5.04. The van der Waals surface area contributed by atoms with Crippen LogP contribution < -0.4 is 4.74 Å². The predicted molar refractivity (Wildman–Crippen MR) is 81.1 cm³/mol. The summed E-state index contributed by atoms with van der Waals surface area (Å²) in [6.07, 6.45) is -0.375. The second-order valence-corrected chi connectivity index (χ2v) is 5.07. The molecule has 1 aromatic carbocycles. The highest BCUT2D eigenvalue weighted by molar-refractivity contribution is 6.32. The Morgan fingerprint density at radius 1 is 1.14 bits per heavy atom. The van der Waals surface area contributed by atoms with Crippen LogP contribution in [0.1, 0.15) is 29.1 Å². The first-order chi connectivity index (χ1) is 10.0. The molecule has 0 radical (unpaired) electrons. The number of benzene rings is 1. The Bertz CT molecular complexity index is 644. The van der Waals surface area contributed by atoms with Crippen LogP contribution in [0.4, 0.5) is 0 Å². The van der Waals surface area contributed by atoms with Crippen molar-refractivity contribution in [1.82, 2.24) is 4.98 Å². The van der Waals surface area contributed by atoms with E-state index < -0.39 is 5.97 Å². The number of pyridine rings is 1. The van der Waals surface area contributed by atoms with Gasteiger partial charge in [0.25, 0.3) is 0 Å². The fourth-order valence-corrected chi connectivity index (χ4v) is 2.18. The van der Waals surface area contributed by atoms with Crippen LogP contribution in [0.5, 0.6) is 5.75 Å². The molecule has 0 bridgehead atoms. The summed E-state index contributed by atoms with van der Waals surface area (Å²) in [6.45, 7) is 1.82. The van der Waals surface area contributed by atoms with E-state index >= 15 is 0 Å². The molecular weight excluding hydrogens is 313 g/mol. The molecule has 0 spiro atoms. The molecule has 0 aliphatic rings. The normalized spacial score (nSPS) is 11.8. The van der Waals surface area contributed by atoms with Gasteiger partial charge in [0.05, 0.1) is 17.7 Å². The zero-order valence-electron chi connectivity index (χ0n) is 11.5. The van der Waals surface area contributed by atoms with Crippen LogP contribution in [0.3, 0.4) is 0 Å². The SMILES string of the molecule is COC(=O)c1ccc(OC(C)c2nc(Cl)ccc2Cl)cc1. The number of halogens is 2. The Hall–Kier alpha value is -1.78. The van der Waals surface area contributed by atoms with E-state index in [0.29, 0.717) is 27.2 Å². The third-order valence-electron chi connectivity index (χ3n) is 2.81. The van der Waals surface area contributed by atoms with Crippen molar-refractivity contribution in [3.63, 3.8) is 0 Å². The molecule has 21 heavy (non-hydrogen) atoms. The highest BCUT2D eigenvalue weighted by atomic mass is 35.5. The number of esters is 1. The quantitative estimate of drug-likeness (QED) is 0.620. The molecule has 6 heteroatoms. The van der Waals surface area contributed by atoms with Crippen LogP contribution in [0.2, 0.25) is 10.2 Å². The topological polar surface area (TPSA) is 48.4 Å². The first kappa shape index (κ1) is 15.6. The first-order valence-electron chi connectivity index (χ1n) is 6.18. The molecule has 1 unspecified atom stereocenters. The summed E-state index contributed by atoms with van der Waals surface area (Å²) in [6, 6.07) is 9.90. The van der Waals surface area contributed by atoms with Crippen LogP contribution >= 0.6 is 23.2 Å². The Morgan fingerprint density at radius 2 is 1.81 bits per heavy atom. The van der Waals surface area contributed by atoms with Crippen molar-refractivity contribution in [3.8, 4) is 5.75 Å². The van der Waals surface area contributed by atoms with Gasteiger partial charge in [0.2, 0.25) is 0 Å². The fourth-order valence-electron chi connectivity index (χ4n) is 1.77. The van der Waals surface area contributed by atoms with E-state index in [0.717, 1.165) is 0 Å². The summed E-state index contributed by atoms with van der Waals surface area (Å²) in [5.41, 5.74) is 1.01. The number of carbonyl (C=O) groups excluding carboxylic acids is 1. The molecule has 0 saturated carbocycles. The van der Waals surface area contributed by atoms with E-state index in [1.807, 2.05) is 6.92 Å². The minimum absolute atomic E-state index is 0.353. The van der Waals surface area contributed by atoms with Crippen molar-refractivity contribution >= 4 is 29.2 Å². The standard InChI is InChI=1S/C15H13Cl2NO3/c1-9(14-12(16)7-8-13(17)18-14)21-11-5-3-10(4-6-11)15(19)20-2/h3-9H,1-2H3. The molecule has 1 atom stereocenters. The van der Waals surface area contributed by atoms with Gasteiger partial charge in [0.1, 0.15) is 22.7 Å². The van der Waals surface area contributed by atoms with Crippen LogP contribution in [-0.2, 0) is 4.74 Å². The van der Waals surface area contributed by atoms with Crippen LogP contribution in [0, 0.1) is 0 Å². The van der Waals surface area contributed by atoms with Gasteiger partial charge in [-0.15, -0.1) is 0 Å². The van der Waals surface area contributed by atoms with E-state index in [-0.39, 0.29) is 6.10 Å². The van der Waals surface area contributed by atoms with Gasteiger partial charge >= 0.3 is 5.97 Å². The molecule has 1 aromatic heterocycles. The van der Waals surface area contributed by atoms with Crippen molar-refractivity contribution in [2.75, 3.05) is 7.11 Å². The van der Waals surface area contributed by atoms with Crippen molar-refractivity contribution in [2.45, 2.75) is 13.0 Å². The van der Waals surface area contributed by atoms with Gasteiger partial charge in [-0.25, -0.2) is 9.78 Å². The average Bonchev–Trinajstić information content (AvgIpc) is 2.49. The number of carbonyl (C=O) groups is 1. The third-order valence-corrected chi connectivity index (χ3v) is 3.34. The highest BCUT2D eigenvalue weighted by Gasteiger charge is 2.14. The van der Waals surface area contributed by atoms with Gasteiger partial charge in [0, 0.05) is 0 Å². The predicted octanol–water partition coefficient (Wildman–Crippen LogP) is 4.32. The maximum absolute atomic E-state index is 11.3. The lowest BCUT2D eigenvalue weighted by molar-refractivity contribution is 0.0600. The van der Waals surface area contributed by atoms with E-state index in [4.69, 9.17) is 27.9 Å². The minimum atomic E-state index is -0.394. The van der Waals surface area contributed by atoms with E-state index in [1.165, 1.54) is 7.11 Å². The molecule has 0 aliphatic carbocycles.